The number of carbonyl (C=O) groups is 1. The minimum Gasteiger partial charge on any atom is -0.485 e. The number of hydrogen-bond acceptors (Lipinski definition) is 5. The molecule has 4 rings (SSSR count). The predicted octanol–water partition coefficient (Wildman–Crippen LogP) is 4.59. The van der Waals surface area contributed by atoms with Crippen molar-refractivity contribution in [2.24, 2.45) is 0 Å². The first kappa shape index (κ1) is 22.9. The smallest absolute Gasteiger partial charge is 0.200 e. The molecule has 2 atom stereocenters. The molecule has 0 heterocycles. The van der Waals surface area contributed by atoms with Crippen LogP contribution < -0.4 is 0 Å². The summed E-state index contributed by atoms with van der Waals surface area (Å²) >= 11 is 0. The summed E-state index contributed by atoms with van der Waals surface area (Å²) < 4.78 is 17.7. The van der Waals surface area contributed by atoms with Gasteiger partial charge in [0.15, 0.2) is 11.5 Å². The van der Waals surface area contributed by atoms with Gasteiger partial charge in [-0.25, -0.2) is 0 Å². The Kier molecular flexibility index (Phi) is 7.68. The molecule has 3 aromatic carbocycles. The van der Waals surface area contributed by atoms with Gasteiger partial charge in [0, 0.05) is 6.42 Å². The Morgan fingerprint density at radius 2 is 1.27 bits per heavy atom. The molecule has 0 fully saturated rings. The van der Waals surface area contributed by atoms with Crippen molar-refractivity contribution in [2.75, 3.05) is 6.61 Å². The monoisotopic (exact) mass is 444 g/mol. The first-order valence-corrected chi connectivity index (χ1v) is 11.0. The van der Waals surface area contributed by atoms with E-state index in [1.165, 1.54) is 0 Å². The molecule has 33 heavy (non-hydrogen) atoms. The molecule has 0 aromatic heterocycles. The number of rotatable bonds is 10. The number of carbonyl (C=O) groups excluding carboxylic acids is 1. The number of Topliss-reactive ketones (excluding diaryl/α,β-unsaturated/α-hetero) is 1. The summed E-state index contributed by atoms with van der Waals surface area (Å²) in [6.07, 6.45) is 0.697. The fraction of sp³-hybridized carbons (Fsp3) is 0.250. The molecule has 0 saturated carbocycles. The summed E-state index contributed by atoms with van der Waals surface area (Å²) in [4.78, 5) is 12.8. The Balaban J connectivity index is 1.47. The van der Waals surface area contributed by atoms with E-state index in [1.807, 2.05) is 91.0 Å². The van der Waals surface area contributed by atoms with E-state index in [0.717, 1.165) is 16.7 Å². The van der Waals surface area contributed by atoms with Crippen LogP contribution in [0.25, 0.3) is 0 Å². The van der Waals surface area contributed by atoms with Crippen LogP contribution in [0, 0.1) is 0 Å². The molecule has 1 aliphatic rings. The average Bonchev–Trinajstić information content (AvgIpc) is 2.85. The topological polar surface area (TPSA) is 65.0 Å². The van der Waals surface area contributed by atoms with Crippen molar-refractivity contribution in [1.29, 1.82) is 0 Å². The number of aliphatic hydroxyl groups is 1. The van der Waals surface area contributed by atoms with E-state index in [2.05, 4.69) is 0 Å². The lowest BCUT2D eigenvalue weighted by molar-refractivity contribution is -0.155. The second-order valence-electron chi connectivity index (χ2n) is 8.20. The van der Waals surface area contributed by atoms with Crippen molar-refractivity contribution in [1.82, 2.24) is 0 Å². The number of ether oxygens (including phenoxy) is 3. The van der Waals surface area contributed by atoms with E-state index < -0.39 is 11.7 Å². The van der Waals surface area contributed by atoms with Gasteiger partial charge in [0.05, 0.1) is 19.8 Å². The summed E-state index contributed by atoms with van der Waals surface area (Å²) in [6.45, 7) is 0.870. The number of allylic oxidation sites excluding steroid dienone is 1. The molecule has 3 aromatic rings. The van der Waals surface area contributed by atoms with Gasteiger partial charge in [-0.15, -0.1) is 0 Å². The molecule has 0 amide bonds. The van der Waals surface area contributed by atoms with E-state index in [0.29, 0.717) is 13.2 Å². The Morgan fingerprint density at radius 3 is 1.85 bits per heavy atom. The Hall–Kier alpha value is -3.25. The fourth-order valence-corrected chi connectivity index (χ4v) is 3.73. The third kappa shape index (κ3) is 6.39. The third-order valence-corrected chi connectivity index (χ3v) is 5.55. The van der Waals surface area contributed by atoms with Gasteiger partial charge in [-0.3, -0.25) is 4.79 Å². The van der Waals surface area contributed by atoms with Crippen LogP contribution in [-0.2, 0) is 38.8 Å². The Bertz CT molecular complexity index is 1050. The van der Waals surface area contributed by atoms with Gasteiger partial charge in [-0.2, -0.15) is 0 Å². The number of benzene rings is 3. The summed E-state index contributed by atoms with van der Waals surface area (Å²) in [7, 11) is 0. The van der Waals surface area contributed by atoms with Gasteiger partial charge in [0.25, 0.3) is 0 Å². The van der Waals surface area contributed by atoms with Crippen molar-refractivity contribution in [3.05, 3.63) is 120 Å². The Labute approximate surface area is 194 Å². The van der Waals surface area contributed by atoms with Gasteiger partial charge >= 0.3 is 0 Å². The van der Waals surface area contributed by atoms with Crippen molar-refractivity contribution in [3.63, 3.8) is 0 Å². The van der Waals surface area contributed by atoms with Crippen LogP contribution in [0.3, 0.4) is 0 Å². The largest absolute Gasteiger partial charge is 0.485 e. The summed E-state index contributed by atoms with van der Waals surface area (Å²) in [5, 5.41) is 11.4. The minimum atomic E-state index is -1.49. The van der Waals surface area contributed by atoms with Crippen LogP contribution in [-0.4, -0.2) is 29.2 Å². The summed E-state index contributed by atoms with van der Waals surface area (Å²) in [6, 6.07) is 29.1. The van der Waals surface area contributed by atoms with Crippen LogP contribution in [0.4, 0.5) is 0 Å². The van der Waals surface area contributed by atoms with Gasteiger partial charge in [-0.1, -0.05) is 91.0 Å². The highest BCUT2D eigenvalue weighted by Crippen LogP contribution is 2.30. The standard InChI is InChI=1S/C28H28O5/c29-25-17-28(30,21-31-18-22-10-4-1-5-11-22)27(33-20-24-14-8-3-9-15-24)16-26(25)32-19-23-12-6-2-7-13-23/h1-16,27,30H,17-21H2/t27-,28-/m0/s1. The predicted molar refractivity (Wildman–Crippen MR) is 125 cm³/mol. The van der Waals surface area contributed by atoms with E-state index >= 15 is 0 Å². The second kappa shape index (κ2) is 11.1. The normalized spacial score (nSPS) is 20.3. The lowest BCUT2D eigenvalue weighted by Gasteiger charge is -2.37. The zero-order valence-corrected chi connectivity index (χ0v) is 18.4. The van der Waals surface area contributed by atoms with Crippen LogP contribution in [0.15, 0.2) is 103 Å². The molecule has 170 valence electrons. The van der Waals surface area contributed by atoms with Crippen LogP contribution in [0.1, 0.15) is 23.1 Å². The van der Waals surface area contributed by atoms with Crippen LogP contribution in [0.5, 0.6) is 0 Å². The third-order valence-electron chi connectivity index (χ3n) is 5.55. The zero-order chi connectivity index (χ0) is 22.9. The van der Waals surface area contributed by atoms with Gasteiger partial charge < -0.3 is 19.3 Å². The molecule has 1 aliphatic carbocycles. The number of ketones is 1. The molecule has 0 radical (unpaired) electrons. The molecule has 5 nitrogen and oxygen atoms in total. The first-order chi connectivity index (χ1) is 16.1. The first-order valence-electron chi connectivity index (χ1n) is 11.0. The molecule has 5 heteroatoms. The van der Waals surface area contributed by atoms with Gasteiger partial charge in [0.1, 0.15) is 18.3 Å². The van der Waals surface area contributed by atoms with E-state index in [9.17, 15) is 9.90 Å². The van der Waals surface area contributed by atoms with Crippen molar-refractivity contribution in [3.8, 4) is 0 Å². The molecule has 0 bridgehead atoms. The van der Waals surface area contributed by atoms with Crippen LogP contribution >= 0.6 is 0 Å². The number of hydrogen-bond donors (Lipinski definition) is 1. The highest BCUT2D eigenvalue weighted by molar-refractivity contribution is 5.95. The lowest BCUT2D eigenvalue weighted by Crippen LogP contribution is -2.51. The minimum absolute atomic E-state index is 0.0322. The molecular formula is C28H28O5. The highest BCUT2D eigenvalue weighted by Gasteiger charge is 2.44. The molecule has 0 spiro atoms. The van der Waals surface area contributed by atoms with Crippen molar-refractivity contribution in [2.45, 2.75) is 37.9 Å². The lowest BCUT2D eigenvalue weighted by atomic mass is 9.85. The molecular weight excluding hydrogens is 416 g/mol. The summed E-state index contributed by atoms with van der Waals surface area (Å²) in [5.41, 5.74) is 1.44. The van der Waals surface area contributed by atoms with Crippen LogP contribution in [0.2, 0.25) is 0 Å². The molecule has 0 unspecified atom stereocenters. The highest BCUT2D eigenvalue weighted by atomic mass is 16.5. The van der Waals surface area contributed by atoms with Crippen molar-refractivity contribution >= 4 is 5.78 Å². The van der Waals surface area contributed by atoms with Gasteiger partial charge in [0.2, 0.25) is 0 Å². The SMILES string of the molecule is O=C1C[C@](O)(COCc2ccccc2)[C@@H](OCc2ccccc2)C=C1OCc1ccccc1. The van der Waals surface area contributed by atoms with E-state index in [1.54, 1.807) is 6.08 Å². The molecule has 0 aliphatic heterocycles. The molecule has 1 N–H and O–H groups in total. The summed E-state index contributed by atoms with van der Waals surface area (Å²) in [5.74, 6) is -0.0547. The quantitative estimate of drug-likeness (QED) is 0.495. The average molecular weight is 445 g/mol. The molecule has 0 saturated heterocycles. The second-order valence-corrected chi connectivity index (χ2v) is 8.20. The Morgan fingerprint density at radius 1 is 0.758 bits per heavy atom. The van der Waals surface area contributed by atoms with Crippen molar-refractivity contribution < 1.29 is 24.1 Å². The van der Waals surface area contributed by atoms with E-state index in [-0.39, 0.29) is 31.2 Å². The maximum Gasteiger partial charge on any atom is 0.200 e. The van der Waals surface area contributed by atoms with Gasteiger partial charge in [-0.05, 0) is 22.8 Å². The zero-order valence-electron chi connectivity index (χ0n) is 18.4. The maximum atomic E-state index is 12.8. The van der Waals surface area contributed by atoms with E-state index in [4.69, 9.17) is 14.2 Å². The fourth-order valence-electron chi connectivity index (χ4n) is 3.73. The maximum absolute atomic E-state index is 12.8.